The van der Waals surface area contributed by atoms with Gasteiger partial charge in [-0.2, -0.15) is 5.10 Å². The van der Waals surface area contributed by atoms with Crippen LogP contribution in [0.1, 0.15) is 86.7 Å². The zero-order valence-corrected chi connectivity index (χ0v) is 28.3. The predicted octanol–water partition coefficient (Wildman–Crippen LogP) is 6.20. The first-order valence-electron chi connectivity index (χ1n) is 17.7. The molecule has 3 heterocycles. The minimum atomic E-state index is -0.333. The molecule has 48 heavy (non-hydrogen) atoms. The van der Waals surface area contributed by atoms with Gasteiger partial charge in [0.25, 0.3) is 5.91 Å². The molecule has 0 radical (unpaired) electrons. The minimum absolute atomic E-state index is 0.0461. The topological polar surface area (TPSA) is 118 Å². The smallest absolute Gasteiger partial charge is 0.290 e. The fourth-order valence-electron chi connectivity index (χ4n) is 8.51. The van der Waals surface area contributed by atoms with Gasteiger partial charge in [0.2, 0.25) is 11.7 Å². The number of carbonyl (C=O) groups is 2. The van der Waals surface area contributed by atoms with Gasteiger partial charge in [-0.3, -0.25) is 14.3 Å². The van der Waals surface area contributed by atoms with Crippen LogP contribution in [0.15, 0.2) is 65.7 Å². The molecule has 7 rings (SSSR count). The van der Waals surface area contributed by atoms with E-state index < -0.39 is 0 Å². The third-order valence-corrected chi connectivity index (χ3v) is 11.5. The van der Waals surface area contributed by atoms with Gasteiger partial charge in [-0.25, -0.2) is 4.98 Å². The van der Waals surface area contributed by atoms with Crippen LogP contribution < -0.4 is 10.6 Å². The molecule has 0 unspecified atom stereocenters. The van der Waals surface area contributed by atoms with Gasteiger partial charge in [0.15, 0.2) is 0 Å². The van der Waals surface area contributed by atoms with Crippen LogP contribution in [0.2, 0.25) is 5.02 Å². The molecular weight excluding hydrogens is 626 g/mol. The van der Waals surface area contributed by atoms with Crippen molar-refractivity contribution >= 4 is 34.3 Å². The summed E-state index contributed by atoms with van der Waals surface area (Å²) in [6, 6.07) is 15.2. The average Bonchev–Trinajstić information content (AvgIpc) is 3.80. The van der Waals surface area contributed by atoms with Crippen LogP contribution >= 0.6 is 11.6 Å². The molecular formula is C37H46ClN7O3. The lowest BCUT2D eigenvalue weighted by Crippen LogP contribution is -2.56. The lowest BCUT2D eigenvalue weighted by Gasteiger charge is -2.48. The van der Waals surface area contributed by atoms with E-state index in [-0.39, 0.29) is 41.1 Å². The summed E-state index contributed by atoms with van der Waals surface area (Å²) in [5.74, 6) is 0.869. The molecule has 3 fully saturated rings. The number of carbonyl (C=O) groups excluding carboxylic acids is 2. The summed E-state index contributed by atoms with van der Waals surface area (Å²) in [6.07, 6.45) is 15.9. The molecule has 1 saturated heterocycles. The Bertz CT molecular complexity index is 1650. The molecule has 2 amide bonds. The van der Waals surface area contributed by atoms with E-state index in [9.17, 15) is 9.59 Å². The Morgan fingerprint density at radius 2 is 1.67 bits per heavy atom. The summed E-state index contributed by atoms with van der Waals surface area (Å²) < 4.78 is 7.38. The monoisotopic (exact) mass is 671 g/mol. The third-order valence-electron chi connectivity index (χ3n) is 11.2. The van der Waals surface area contributed by atoms with Gasteiger partial charge in [-0.05, 0) is 98.9 Å². The highest BCUT2D eigenvalue weighted by Gasteiger charge is 2.44. The number of halogens is 1. The van der Waals surface area contributed by atoms with E-state index in [2.05, 4.69) is 30.8 Å². The van der Waals surface area contributed by atoms with Gasteiger partial charge in [-0.15, -0.1) is 0 Å². The first-order valence-corrected chi connectivity index (χ1v) is 18.1. The Hall–Kier alpha value is -3.76. The molecule has 1 atom stereocenters. The maximum absolute atomic E-state index is 14.3. The van der Waals surface area contributed by atoms with Crippen molar-refractivity contribution in [3.63, 3.8) is 0 Å². The van der Waals surface area contributed by atoms with E-state index in [1.807, 2.05) is 59.5 Å². The number of nitrogens with one attached hydrogen (secondary N) is 2. The minimum Gasteiger partial charge on any atom is -0.350 e. The largest absolute Gasteiger partial charge is 0.350 e. The number of amides is 2. The predicted molar refractivity (Wildman–Crippen MR) is 184 cm³/mol. The quantitative estimate of drug-likeness (QED) is 0.206. The number of fused-ring (bicyclic) bond motifs is 1. The van der Waals surface area contributed by atoms with Crippen molar-refractivity contribution in [1.82, 2.24) is 35.5 Å². The highest BCUT2D eigenvalue weighted by Crippen LogP contribution is 2.47. The number of likely N-dealkylation sites (tertiary alicyclic amines) is 1. The molecule has 1 aliphatic heterocycles. The van der Waals surface area contributed by atoms with Crippen LogP contribution in [0.4, 0.5) is 0 Å². The molecule has 10 nitrogen and oxygen atoms in total. The van der Waals surface area contributed by atoms with Crippen LogP contribution in [0, 0.1) is 11.3 Å². The molecule has 2 aromatic heterocycles. The van der Waals surface area contributed by atoms with Crippen LogP contribution in [-0.2, 0) is 17.8 Å². The van der Waals surface area contributed by atoms with Crippen molar-refractivity contribution in [1.29, 1.82) is 0 Å². The second-order valence-corrected chi connectivity index (χ2v) is 14.7. The van der Waals surface area contributed by atoms with E-state index in [0.29, 0.717) is 22.9 Å². The van der Waals surface area contributed by atoms with Crippen LogP contribution in [-0.4, -0.2) is 67.9 Å². The summed E-state index contributed by atoms with van der Waals surface area (Å²) in [7, 11) is 0. The van der Waals surface area contributed by atoms with Crippen LogP contribution in [0.3, 0.4) is 0 Å². The third kappa shape index (κ3) is 7.44. The molecule has 2 aliphatic carbocycles. The van der Waals surface area contributed by atoms with E-state index in [0.717, 1.165) is 69.1 Å². The maximum Gasteiger partial charge on any atom is 0.290 e. The maximum atomic E-state index is 14.3. The molecule has 3 aliphatic rings. The lowest BCUT2D eigenvalue weighted by molar-refractivity contribution is -0.137. The molecule has 4 aromatic rings. The van der Waals surface area contributed by atoms with Crippen molar-refractivity contribution in [2.75, 3.05) is 13.1 Å². The summed E-state index contributed by atoms with van der Waals surface area (Å²) in [6.45, 7) is 2.40. The highest BCUT2D eigenvalue weighted by atomic mass is 35.5. The van der Waals surface area contributed by atoms with Gasteiger partial charge < -0.3 is 20.1 Å². The van der Waals surface area contributed by atoms with Crippen molar-refractivity contribution in [2.24, 2.45) is 11.3 Å². The van der Waals surface area contributed by atoms with Crippen molar-refractivity contribution in [3.8, 4) is 0 Å². The number of aromatic nitrogens is 4. The normalized spacial score (nSPS) is 22.4. The van der Waals surface area contributed by atoms with Crippen LogP contribution in [0.5, 0.6) is 0 Å². The molecule has 254 valence electrons. The number of hydrogen-bond acceptors (Lipinski definition) is 7. The van der Waals surface area contributed by atoms with Gasteiger partial charge in [0.05, 0.1) is 11.4 Å². The highest BCUT2D eigenvalue weighted by molar-refractivity contribution is 6.30. The number of rotatable bonds is 10. The Morgan fingerprint density at radius 3 is 2.40 bits per heavy atom. The SMILES string of the molecule is O=C(NC1CCC(N[C@H](Cc2ccc(Cl)cc2)C(=O)N2CCC(Cn3cncn3)(C3CCCCC3)CC2)CC1)c1onc2ccccc12. The Balaban J connectivity index is 0.993. The summed E-state index contributed by atoms with van der Waals surface area (Å²) in [5.41, 5.74) is 1.91. The summed E-state index contributed by atoms with van der Waals surface area (Å²) in [4.78, 5) is 33.7. The van der Waals surface area contributed by atoms with Crippen LogP contribution in [0.25, 0.3) is 10.9 Å². The molecule has 2 aromatic carbocycles. The molecule has 2 N–H and O–H groups in total. The second-order valence-electron chi connectivity index (χ2n) is 14.2. The molecule has 0 bridgehead atoms. The fraction of sp³-hybridized carbons (Fsp3) is 0.541. The molecule has 11 heteroatoms. The van der Waals surface area contributed by atoms with Crippen molar-refractivity contribution < 1.29 is 14.1 Å². The molecule has 2 saturated carbocycles. The number of hydrogen-bond donors (Lipinski definition) is 2. The van der Waals surface area contributed by atoms with E-state index in [1.54, 1.807) is 6.33 Å². The summed E-state index contributed by atoms with van der Waals surface area (Å²) >= 11 is 6.20. The zero-order chi connectivity index (χ0) is 32.9. The Kier molecular flexibility index (Phi) is 10.1. The van der Waals surface area contributed by atoms with Gasteiger partial charge >= 0.3 is 0 Å². The number of nitrogens with zero attached hydrogens (tertiary/aromatic N) is 5. The van der Waals surface area contributed by atoms with Gasteiger partial charge in [0.1, 0.15) is 18.2 Å². The number of piperidine rings is 1. The Morgan fingerprint density at radius 1 is 0.938 bits per heavy atom. The number of benzene rings is 2. The zero-order valence-electron chi connectivity index (χ0n) is 27.5. The average molecular weight is 672 g/mol. The van der Waals surface area contributed by atoms with E-state index >= 15 is 0 Å². The first kappa shape index (κ1) is 32.8. The van der Waals surface area contributed by atoms with Gasteiger partial charge in [-0.1, -0.05) is 60.3 Å². The lowest BCUT2D eigenvalue weighted by atomic mass is 9.63. The summed E-state index contributed by atoms with van der Waals surface area (Å²) in [5, 5.41) is 16.8. The Labute approximate surface area is 287 Å². The van der Waals surface area contributed by atoms with Crippen molar-refractivity contribution in [3.05, 3.63) is 77.5 Å². The van der Waals surface area contributed by atoms with Crippen molar-refractivity contribution in [2.45, 2.75) is 102 Å². The fourth-order valence-corrected chi connectivity index (χ4v) is 8.63. The second kappa shape index (κ2) is 14.8. The van der Waals surface area contributed by atoms with E-state index in [1.165, 1.54) is 32.1 Å². The molecule has 0 spiro atoms. The van der Waals surface area contributed by atoms with Gasteiger partial charge in [0, 0.05) is 36.7 Å². The standard InChI is InChI=1S/C37H46ClN7O3/c38-28-12-10-26(11-13-28)22-33(41-29-14-16-30(17-15-29)42-35(46)34-31-8-4-5-9-32(31)43-48-34)36(47)44-20-18-37(19-21-44,23-45-25-39-24-40-45)27-6-2-1-3-7-27/h4-5,8-13,24-25,27,29-30,33,41H,1-3,6-7,14-23H2,(H,42,46)/t29?,30?,33-/m1/s1. The first-order chi connectivity index (χ1) is 23.5. The van der Waals surface area contributed by atoms with E-state index in [4.69, 9.17) is 16.1 Å².